The minimum Gasteiger partial charge on any atom is -0.309 e. The number of nitrogens with zero attached hydrogens (tertiary/aromatic N) is 3. The summed E-state index contributed by atoms with van der Waals surface area (Å²) in [4.78, 5) is 10.4. The molecule has 3 heteroatoms. The molecule has 0 aliphatic heterocycles. The van der Waals surface area contributed by atoms with E-state index >= 15 is 0 Å². The predicted octanol–water partition coefficient (Wildman–Crippen LogP) is 12.7. The van der Waals surface area contributed by atoms with E-state index < -0.39 is 0 Å². The molecule has 2 heterocycles. The molecule has 1 aliphatic carbocycles. The normalized spacial score (nSPS) is 14.5. The zero-order chi connectivity index (χ0) is 33.7. The molecule has 0 saturated heterocycles. The van der Waals surface area contributed by atoms with Crippen molar-refractivity contribution < 1.29 is 0 Å². The molecule has 10 rings (SSSR count). The number of benzene rings is 7. The zero-order valence-corrected chi connectivity index (χ0v) is 28.2. The van der Waals surface area contributed by atoms with Gasteiger partial charge in [-0.2, -0.15) is 0 Å². The largest absolute Gasteiger partial charge is 0.309 e. The van der Waals surface area contributed by atoms with Gasteiger partial charge in [0.2, 0.25) is 0 Å². The lowest BCUT2D eigenvalue weighted by molar-refractivity contribution is 0.583. The standard InChI is InChI=1S/C48H35N3/c1-3-11-32(12-4-1)33-19-21-36(22-20-33)42-31-43(50-48(49-42)38-15-5-2-6-16-38)37-23-27-39(28-24-37)51-44-29-25-34-13-7-9-17-40(34)46(44)47-41-18-10-8-14-35(41)26-30-45(47)51/h1-5,7-14,17-31,38H,6,15-16H2. The van der Waals surface area contributed by atoms with E-state index in [9.17, 15) is 0 Å². The van der Waals surface area contributed by atoms with Gasteiger partial charge in [0.1, 0.15) is 5.82 Å². The lowest BCUT2D eigenvalue weighted by Crippen LogP contribution is -2.08. The van der Waals surface area contributed by atoms with Gasteiger partial charge < -0.3 is 4.57 Å². The molecule has 1 unspecified atom stereocenters. The monoisotopic (exact) mass is 653 g/mol. The van der Waals surface area contributed by atoms with Crippen molar-refractivity contribution in [1.82, 2.24) is 14.5 Å². The van der Waals surface area contributed by atoms with Crippen LogP contribution in [0.15, 0.2) is 170 Å². The van der Waals surface area contributed by atoms with E-state index in [-0.39, 0.29) is 0 Å². The third-order valence-electron chi connectivity index (χ3n) is 10.6. The van der Waals surface area contributed by atoms with Gasteiger partial charge in [0, 0.05) is 33.5 Å². The molecule has 0 amide bonds. The maximum atomic E-state index is 5.23. The molecular weight excluding hydrogens is 619 g/mol. The SMILES string of the molecule is C1=CCC(c2nc(-c3ccc(-c4ccccc4)cc3)cc(-c3ccc(-n4c5ccc6ccccc6c5c5c6ccccc6ccc54)cc3)n2)CC1. The van der Waals surface area contributed by atoms with Crippen LogP contribution in [0.1, 0.15) is 31.0 Å². The summed E-state index contributed by atoms with van der Waals surface area (Å²) in [6.07, 6.45) is 7.68. The number of rotatable bonds is 5. The van der Waals surface area contributed by atoms with Crippen LogP contribution in [0, 0.1) is 0 Å². The van der Waals surface area contributed by atoms with Crippen molar-refractivity contribution in [2.24, 2.45) is 0 Å². The Labute approximate surface area is 297 Å². The third kappa shape index (κ3) is 5.13. The predicted molar refractivity (Wildman–Crippen MR) is 213 cm³/mol. The van der Waals surface area contributed by atoms with Gasteiger partial charge in [-0.15, -0.1) is 0 Å². The fourth-order valence-corrected chi connectivity index (χ4v) is 8.04. The molecular formula is C48H35N3. The summed E-state index contributed by atoms with van der Waals surface area (Å²) >= 11 is 0. The van der Waals surface area contributed by atoms with E-state index in [1.54, 1.807) is 0 Å². The Kier molecular flexibility index (Phi) is 7.09. The Bertz CT molecular complexity index is 2660. The third-order valence-corrected chi connectivity index (χ3v) is 10.6. The number of fused-ring (bicyclic) bond motifs is 7. The van der Waals surface area contributed by atoms with Crippen molar-refractivity contribution >= 4 is 43.4 Å². The second-order valence-electron chi connectivity index (χ2n) is 13.7. The van der Waals surface area contributed by atoms with Crippen molar-refractivity contribution in [3.05, 3.63) is 176 Å². The average Bonchev–Trinajstić information content (AvgIpc) is 3.57. The van der Waals surface area contributed by atoms with E-state index in [2.05, 4.69) is 174 Å². The molecule has 9 aromatic rings. The first-order chi connectivity index (χ1) is 25.3. The van der Waals surface area contributed by atoms with Crippen LogP contribution in [0.3, 0.4) is 0 Å². The van der Waals surface area contributed by atoms with Crippen LogP contribution >= 0.6 is 0 Å². The molecule has 51 heavy (non-hydrogen) atoms. The van der Waals surface area contributed by atoms with Gasteiger partial charge in [0.15, 0.2) is 0 Å². The van der Waals surface area contributed by atoms with Crippen LogP contribution in [0.2, 0.25) is 0 Å². The second-order valence-corrected chi connectivity index (χ2v) is 13.7. The molecule has 0 radical (unpaired) electrons. The van der Waals surface area contributed by atoms with E-state index in [1.807, 2.05) is 0 Å². The van der Waals surface area contributed by atoms with Crippen LogP contribution in [0.4, 0.5) is 0 Å². The lowest BCUT2D eigenvalue weighted by Gasteiger charge is -2.18. The van der Waals surface area contributed by atoms with E-state index in [0.29, 0.717) is 5.92 Å². The topological polar surface area (TPSA) is 30.7 Å². The molecule has 3 nitrogen and oxygen atoms in total. The van der Waals surface area contributed by atoms with Gasteiger partial charge in [0.05, 0.1) is 22.4 Å². The van der Waals surface area contributed by atoms with Gasteiger partial charge in [-0.1, -0.05) is 140 Å². The highest BCUT2D eigenvalue weighted by molar-refractivity contribution is 6.28. The molecule has 0 bridgehead atoms. The van der Waals surface area contributed by atoms with Gasteiger partial charge in [0.25, 0.3) is 0 Å². The maximum Gasteiger partial charge on any atom is 0.133 e. The van der Waals surface area contributed by atoms with Crippen LogP contribution in [0.5, 0.6) is 0 Å². The Morgan fingerprint density at radius 2 is 1.00 bits per heavy atom. The van der Waals surface area contributed by atoms with Gasteiger partial charge in [-0.25, -0.2) is 9.97 Å². The van der Waals surface area contributed by atoms with Crippen molar-refractivity contribution in [1.29, 1.82) is 0 Å². The Hall–Kier alpha value is -6.32. The quantitative estimate of drug-likeness (QED) is 0.173. The fraction of sp³-hybridized carbons (Fsp3) is 0.0833. The Morgan fingerprint density at radius 1 is 0.471 bits per heavy atom. The molecule has 0 N–H and O–H groups in total. The Morgan fingerprint density at radius 3 is 1.59 bits per heavy atom. The second kappa shape index (κ2) is 12.2. The molecule has 2 aromatic heterocycles. The molecule has 0 fully saturated rings. The summed E-state index contributed by atoms with van der Waals surface area (Å²) in [5.41, 5.74) is 10.1. The molecule has 0 spiro atoms. The van der Waals surface area contributed by atoms with Gasteiger partial charge >= 0.3 is 0 Å². The molecule has 1 atom stereocenters. The smallest absolute Gasteiger partial charge is 0.133 e. The highest BCUT2D eigenvalue weighted by Crippen LogP contribution is 2.41. The number of hydrogen-bond acceptors (Lipinski definition) is 2. The van der Waals surface area contributed by atoms with E-state index in [1.165, 1.54) is 54.5 Å². The summed E-state index contributed by atoms with van der Waals surface area (Å²) in [7, 11) is 0. The number of aromatic nitrogens is 3. The van der Waals surface area contributed by atoms with Crippen molar-refractivity contribution in [2.45, 2.75) is 25.2 Å². The first-order valence-electron chi connectivity index (χ1n) is 17.9. The van der Waals surface area contributed by atoms with Crippen molar-refractivity contribution in [2.75, 3.05) is 0 Å². The highest BCUT2D eigenvalue weighted by atomic mass is 15.0. The van der Waals surface area contributed by atoms with Crippen LogP contribution in [0.25, 0.3) is 82.7 Å². The Balaban J connectivity index is 1.10. The maximum absolute atomic E-state index is 5.23. The summed E-state index contributed by atoms with van der Waals surface area (Å²) in [6, 6.07) is 57.0. The van der Waals surface area contributed by atoms with E-state index in [4.69, 9.17) is 9.97 Å². The van der Waals surface area contributed by atoms with E-state index in [0.717, 1.165) is 53.3 Å². The first kappa shape index (κ1) is 29.6. The minimum atomic E-state index is 0.318. The minimum absolute atomic E-state index is 0.318. The molecule has 7 aromatic carbocycles. The van der Waals surface area contributed by atoms with Gasteiger partial charge in [-0.05, 0) is 82.3 Å². The fourth-order valence-electron chi connectivity index (χ4n) is 8.04. The molecule has 0 saturated carbocycles. The molecule has 1 aliphatic rings. The van der Waals surface area contributed by atoms with Crippen LogP contribution < -0.4 is 0 Å². The summed E-state index contributed by atoms with van der Waals surface area (Å²) in [5.74, 6) is 1.25. The van der Waals surface area contributed by atoms with Crippen molar-refractivity contribution in [3.8, 4) is 39.3 Å². The number of hydrogen-bond donors (Lipinski definition) is 0. The summed E-state index contributed by atoms with van der Waals surface area (Å²) in [5, 5.41) is 7.67. The lowest BCUT2D eigenvalue weighted by atomic mass is 9.93. The number of allylic oxidation sites excluding steroid dienone is 2. The summed E-state index contributed by atoms with van der Waals surface area (Å²) in [6.45, 7) is 0. The van der Waals surface area contributed by atoms with Crippen LogP contribution in [-0.4, -0.2) is 14.5 Å². The molecule has 242 valence electrons. The van der Waals surface area contributed by atoms with Crippen molar-refractivity contribution in [3.63, 3.8) is 0 Å². The first-order valence-corrected chi connectivity index (χ1v) is 17.9. The average molecular weight is 654 g/mol. The summed E-state index contributed by atoms with van der Waals surface area (Å²) < 4.78 is 2.42. The highest BCUT2D eigenvalue weighted by Gasteiger charge is 2.20. The van der Waals surface area contributed by atoms with Gasteiger partial charge in [-0.3, -0.25) is 0 Å². The van der Waals surface area contributed by atoms with Crippen LogP contribution in [-0.2, 0) is 0 Å². The zero-order valence-electron chi connectivity index (χ0n) is 28.2.